The van der Waals surface area contributed by atoms with Gasteiger partial charge in [-0.1, -0.05) is 0 Å². The predicted octanol–water partition coefficient (Wildman–Crippen LogP) is 5.53. The average molecular weight is 467 g/mol. The minimum atomic E-state index is -0.552. The number of carbonyl (C=O) groups excluding carboxylic acids is 1. The maximum absolute atomic E-state index is 13.6. The molecule has 1 fully saturated rings. The van der Waals surface area contributed by atoms with Crippen LogP contribution in [0, 0.1) is 11.6 Å². The number of piperazine rings is 1. The molecule has 3 aromatic rings. The molecule has 0 bridgehead atoms. The largest absolute Gasteiger partial charge is 0.444 e. The third kappa shape index (κ3) is 5.32. The Hall–Kier alpha value is -3.55. The molecule has 1 unspecified atom stereocenters. The molecule has 1 saturated heterocycles. The van der Waals surface area contributed by atoms with Crippen LogP contribution in [0.15, 0.2) is 54.7 Å². The lowest BCUT2D eigenvalue weighted by molar-refractivity contribution is 0.0218. The molecule has 178 valence electrons. The fourth-order valence-electron chi connectivity index (χ4n) is 3.94. The summed E-state index contributed by atoms with van der Waals surface area (Å²) in [6, 6.07) is 12.1. The molecule has 1 aliphatic heterocycles. The van der Waals surface area contributed by atoms with Crippen molar-refractivity contribution < 1.29 is 18.3 Å². The van der Waals surface area contributed by atoms with Crippen LogP contribution < -0.4 is 4.90 Å². The van der Waals surface area contributed by atoms with Gasteiger partial charge in [-0.2, -0.15) is 0 Å². The van der Waals surface area contributed by atoms with E-state index >= 15 is 0 Å². The highest BCUT2D eigenvalue weighted by atomic mass is 19.1. The van der Waals surface area contributed by atoms with E-state index in [0.717, 1.165) is 0 Å². The van der Waals surface area contributed by atoms with E-state index in [1.54, 1.807) is 35.4 Å². The zero-order valence-corrected chi connectivity index (χ0v) is 19.8. The second kappa shape index (κ2) is 9.37. The number of aromatic nitrogens is 2. The summed E-state index contributed by atoms with van der Waals surface area (Å²) < 4.78 is 32.6. The highest BCUT2D eigenvalue weighted by molar-refractivity contribution is 5.79. The number of halogens is 2. The molecule has 6 nitrogen and oxygen atoms in total. The van der Waals surface area contributed by atoms with Gasteiger partial charge in [0.2, 0.25) is 0 Å². The summed E-state index contributed by atoms with van der Waals surface area (Å²) in [6.07, 6.45) is 1.36. The number of amides is 1. The van der Waals surface area contributed by atoms with E-state index in [4.69, 9.17) is 9.72 Å². The Labute approximate surface area is 198 Å². The Kier molecular flexibility index (Phi) is 6.50. The molecule has 1 aliphatic rings. The van der Waals surface area contributed by atoms with Gasteiger partial charge in [0.1, 0.15) is 23.1 Å². The quantitative estimate of drug-likeness (QED) is 0.508. The standard InChI is InChI=1S/C26H28F2N4O2/c1-17-16-31(25(33)34-26(2,3)4)13-14-32(17)22-15-29-23(18-5-9-20(27)10-6-18)24(30-22)19-7-11-21(28)12-8-19/h5-12,15,17H,13-14,16H2,1-4H3. The highest BCUT2D eigenvalue weighted by Gasteiger charge is 2.31. The Bertz CT molecular complexity index is 1160. The molecule has 34 heavy (non-hydrogen) atoms. The number of anilines is 1. The van der Waals surface area contributed by atoms with Crippen molar-refractivity contribution in [3.8, 4) is 22.5 Å². The molecular formula is C26H28F2N4O2. The molecule has 0 saturated carbocycles. The van der Waals surface area contributed by atoms with Crippen molar-refractivity contribution in [2.45, 2.75) is 39.3 Å². The first-order chi connectivity index (χ1) is 16.1. The van der Waals surface area contributed by atoms with E-state index < -0.39 is 5.60 Å². The first kappa shape index (κ1) is 23.6. The van der Waals surface area contributed by atoms with Crippen LogP contribution in [0.25, 0.3) is 22.5 Å². The van der Waals surface area contributed by atoms with Gasteiger partial charge in [0.05, 0.1) is 17.6 Å². The maximum atomic E-state index is 13.6. The van der Waals surface area contributed by atoms with Gasteiger partial charge in [0.25, 0.3) is 0 Å². The van der Waals surface area contributed by atoms with Gasteiger partial charge >= 0.3 is 6.09 Å². The molecule has 1 atom stereocenters. The fourth-order valence-corrected chi connectivity index (χ4v) is 3.94. The molecule has 0 spiro atoms. The molecule has 1 amide bonds. The summed E-state index contributed by atoms with van der Waals surface area (Å²) in [4.78, 5) is 25.8. The summed E-state index contributed by atoms with van der Waals surface area (Å²) in [5.41, 5.74) is 2.02. The number of carbonyl (C=O) groups is 1. The Morgan fingerprint density at radius 3 is 2.03 bits per heavy atom. The zero-order chi connectivity index (χ0) is 24.5. The van der Waals surface area contributed by atoms with Crippen LogP contribution in [0.1, 0.15) is 27.7 Å². The van der Waals surface area contributed by atoms with Crippen LogP contribution in [-0.2, 0) is 4.74 Å². The minimum absolute atomic E-state index is 0.0201. The zero-order valence-electron chi connectivity index (χ0n) is 19.8. The van der Waals surface area contributed by atoms with E-state index in [0.29, 0.717) is 48.0 Å². The summed E-state index contributed by atoms with van der Waals surface area (Å²) in [5.74, 6) is -0.0297. The lowest BCUT2D eigenvalue weighted by atomic mass is 10.0. The van der Waals surface area contributed by atoms with Crippen molar-refractivity contribution in [1.82, 2.24) is 14.9 Å². The van der Waals surface area contributed by atoms with Crippen LogP contribution in [0.3, 0.4) is 0 Å². The molecule has 0 N–H and O–H groups in total. The van der Waals surface area contributed by atoms with Crippen LogP contribution in [0.2, 0.25) is 0 Å². The molecular weight excluding hydrogens is 438 g/mol. The third-order valence-corrected chi connectivity index (χ3v) is 5.57. The average Bonchev–Trinajstić information content (AvgIpc) is 2.79. The molecule has 0 radical (unpaired) electrons. The smallest absolute Gasteiger partial charge is 0.410 e. The van der Waals surface area contributed by atoms with E-state index in [9.17, 15) is 13.6 Å². The van der Waals surface area contributed by atoms with Gasteiger partial charge in [-0.05, 0) is 76.2 Å². The lowest BCUT2D eigenvalue weighted by Gasteiger charge is -2.40. The number of rotatable bonds is 3. The topological polar surface area (TPSA) is 58.6 Å². The van der Waals surface area contributed by atoms with Crippen molar-refractivity contribution in [2.75, 3.05) is 24.5 Å². The number of benzene rings is 2. The van der Waals surface area contributed by atoms with Crippen molar-refractivity contribution in [2.24, 2.45) is 0 Å². The second-order valence-corrected chi connectivity index (χ2v) is 9.41. The van der Waals surface area contributed by atoms with Gasteiger partial charge < -0.3 is 14.5 Å². The normalized spacial score (nSPS) is 16.5. The third-order valence-electron chi connectivity index (χ3n) is 5.57. The summed E-state index contributed by atoms with van der Waals surface area (Å²) >= 11 is 0. The highest BCUT2D eigenvalue weighted by Crippen LogP contribution is 2.32. The molecule has 8 heteroatoms. The maximum Gasteiger partial charge on any atom is 0.410 e. The van der Waals surface area contributed by atoms with E-state index in [1.807, 2.05) is 27.7 Å². The fraction of sp³-hybridized carbons (Fsp3) is 0.346. The van der Waals surface area contributed by atoms with Crippen LogP contribution in [0.5, 0.6) is 0 Å². The molecule has 2 aromatic carbocycles. The Balaban J connectivity index is 1.64. The molecule has 2 heterocycles. The molecule has 0 aliphatic carbocycles. The predicted molar refractivity (Wildman–Crippen MR) is 127 cm³/mol. The van der Waals surface area contributed by atoms with Crippen molar-refractivity contribution >= 4 is 11.9 Å². The number of ether oxygens (including phenoxy) is 1. The Morgan fingerprint density at radius 1 is 0.941 bits per heavy atom. The van der Waals surface area contributed by atoms with Gasteiger partial charge in [-0.15, -0.1) is 0 Å². The number of hydrogen-bond acceptors (Lipinski definition) is 5. The summed E-state index contributed by atoms with van der Waals surface area (Å²) in [7, 11) is 0. The van der Waals surface area contributed by atoms with Gasteiger partial charge in [-0.25, -0.2) is 18.6 Å². The van der Waals surface area contributed by atoms with E-state index in [2.05, 4.69) is 9.88 Å². The molecule has 1 aromatic heterocycles. The van der Waals surface area contributed by atoms with Gasteiger partial charge in [0.15, 0.2) is 0 Å². The molecule has 4 rings (SSSR count). The van der Waals surface area contributed by atoms with Gasteiger partial charge in [0, 0.05) is 36.8 Å². The summed E-state index contributed by atoms with van der Waals surface area (Å²) in [5, 5.41) is 0. The van der Waals surface area contributed by atoms with Crippen molar-refractivity contribution in [3.63, 3.8) is 0 Å². The first-order valence-electron chi connectivity index (χ1n) is 11.2. The van der Waals surface area contributed by atoms with Crippen molar-refractivity contribution in [3.05, 3.63) is 66.4 Å². The first-order valence-corrected chi connectivity index (χ1v) is 11.2. The SMILES string of the molecule is CC1CN(C(=O)OC(C)(C)C)CCN1c1cnc(-c2ccc(F)cc2)c(-c2ccc(F)cc2)n1. The van der Waals surface area contributed by atoms with Gasteiger partial charge in [-0.3, -0.25) is 4.98 Å². The van der Waals surface area contributed by atoms with Crippen LogP contribution in [0.4, 0.5) is 19.4 Å². The van der Waals surface area contributed by atoms with Crippen molar-refractivity contribution in [1.29, 1.82) is 0 Å². The number of hydrogen-bond donors (Lipinski definition) is 0. The van der Waals surface area contributed by atoms with Crippen LogP contribution >= 0.6 is 0 Å². The monoisotopic (exact) mass is 466 g/mol. The van der Waals surface area contributed by atoms with E-state index in [1.165, 1.54) is 24.3 Å². The van der Waals surface area contributed by atoms with E-state index in [-0.39, 0.29) is 23.8 Å². The Morgan fingerprint density at radius 2 is 1.50 bits per heavy atom. The lowest BCUT2D eigenvalue weighted by Crippen LogP contribution is -2.54. The minimum Gasteiger partial charge on any atom is -0.444 e. The van der Waals surface area contributed by atoms with Crippen LogP contribution in [-0.4, -0.2) is 52.2 Å². The summed E-state index contributed by atoms with van der Waals surface area (Å²) in [6.45, 7) is 9.10. The second-order valence-electron chi connectivity index (χ2n) is 9.41. The number of nitrogens with zero attached hydrogens (tertiary/aromatic N) is 4.